The molecule has 1 aromatic carbocycles. The molecule has 0 unspecified atom stereocenters. The molecule has 0 spiro atoms. The van der Waals surface area contributed by atoms with E-state index >= 15 is 0 Å². The lowest BCUT2D eigenvalue weighted by molar-refractivity contribution is 0.0973. The van der Waals surface area contributed by atoms with Crippen LogP contribution in [0.1, 0.15) is 28.9 Å². The number of carbonyl (C=O) groups excluding carboxylic acids is 1. The monoisotopic (exact) mass is 242 g/mol. The van der Waals surface area contributed by atoms with E-state index in [0.717, 1.165) is 40.2 Å². The molecule has 1 aliphatic rings. The minimum absolute atomic E-state index is 0.234. The SMILES string of the molecule is N[SiH2]c1c2c(nc3ccccc13)CCCC2=O. The molecule has 0 fully saturated rings. The Balaban J connectivity index is 2.40. The van der Waals surface area contributed by atoms with Gasteiger partial charge >= 0.3 is 0 Å². The molecule has 17 heavy (non-hydrogen) atoms. The van der Waals surface area contributed by atoms with Gasteiger partial charge in [0, 0.05) is 17.4 Å². The van der Waals surface area contributed by atoms with Gasteiger partial charge in [-0.25, -0.2) is 0 Å². The van der Waals surface area contributed by atoms with Gasteiger partial charge in [-0.05, 0) is 24.1 Å². The van der Waals surface area contributed by atoms with E-state index in [0.29, 0.717) is 6.42 Å². The van der Waals surface area contributed by atoms with Crippen molar-refractivity contribution in [3.05, 3.63) is 35.5 Å². The highest BCUT2D eigenvalue weighted by Gasteiger charge is 2.23. The van der Waals surface area contributed by atoms with E-state index in [9.17, 15) is 4.79 Å². The van der Waals surface area contributed by atoms with Crippen molar-refractivity contribution in [1.82, 2.24) is 4.98 Å². The number of para-hydroxylation sites is 1. The summed E-state index contributed by atoms with van der Waals surface area (Å²) in [5, 5.41) is 8.15. The fourth-order valence-electron chi connectivity index (χ4n) is 2.60. The summed E-state index contributed by atoms with van der Waals surface area (Å²) in [5.41, 5.74) is 2.80. The lowest BCUT2D eigenvalue weighted by atomic mass is 9.93. The molecule has 1 aliphatic carbocycles. The third-order valence-electron chi connectivity index (χ3n) is 3.38. The smallest absolute Gasteiger partial charge is 0.164 e. The van der Waals surface area contributed by atoms with Gasteiger partial charge in [-0.3, -0.25) is 9.78 Å². The van der Waals surface area contributed by atoms with Gasteiger partial charge in [0.25, 0.3) is 0 Å². The third-order valence-corrected chi connectivity index (χ3v) is 4.52. The average molecular weight is 242 g/mol. The molecule has 2 aromatic rings. The minimum Gasteiger partial charge on any atom is -0.352 e. The molecule has 0 saturated carbocycles. The molecule has 1 heterocycles. The standard InChI is InChI=1S/C13H14N2OSi/c14-17-13-8-4-1-2-5-9(8)15-10-6-3-7-11(16)12(10)13/h1-2,4-5H,3,6-7,14,17H2. The highest BCUT2D eigenvalue weighted by molar-refractivity contribution is 6.56. The Morgan fingerprint density at radius 2 is 2.06 bits per heavy atom. The van der Waals surface area contributed by atoms with Crippen LogP contribution in [0.4, 0.5) is 0 Å². The molecule has 2 N–H and O–H groups in total. The van der Waals surface area contributed by atoms with Crippen LogP contribution in [0.25, 0.3) is 10.9 Å². The van der Waals surface area contributed by atoms with Gasteiger partial charge < -0.3 is 5.40 Å². The van der Waals surface area contributed by atoms with Crippen LogP contribution < -0.4 is 10.6 Å². The van der Waals surface area contributed by atoms with Crippen molar-refractivity contribution in [1.29, 1.82) is 0 Å². The summed E-state index contributed by atoms with van der Waals surface area (Å²) >= 11 is 0. The van der Waals surface area contributed by atoms with Crippen LogP contribution >= 0.6 is 0 Å². The van der Waals surface area contributed by atoms with E-state index in [2.05, 4.69) is 4.98 Å². The maximum absolute atomic E-state index is 12.0. The molecule has 0 radical (unpaired) electrons. The molecule has 4 heteroatoms. The Kier molecular flexibility index (Phi) is 2.53. The molecular weight excluding hydrogens is 228 g/mol. The summed E-state index contributed by atoms with van der Waals surface area (Å²) in [5.74, 6) is 0.234. The number of hydrogen-bond acceptors (Lipinski definition) is 3. The lowest BCUT2D eigenvalue weighted by Gasteiger charge is -2.18. The predicted octanol–water partition coefficient (Wildman–Crippen LogP) is 0.422. The molecule has 3 rings (SSSR count). The summed E-state index contributed by atoms with van der Waals surface area (Å²) in [6, 6.07) is 7.99. The number of aromatic nitrogens is 1. The number of aryl methyl sites for hydroxylation is 1. The highest BCUT2D eigenvalue weighted by Crippen LogP contribution is 2.21. The number of pyridine rings is 1. The molecule has 86 valence electrons. The Bertz CT molecular complexity index is 610. The van der Waals surface area contributed by atoms with Crippen molar-refractivity contribution < 1.29 is 4.79 Å². The molecule has 3 nitrogen and oxygen atoms in total. The zero-order valence-corrected chi connectivity index (χ0v) is 11.0. The normalized spacial score (nSPS) is 15.7. The first-order chi connectivity index (χ1) is 8.31. The summed E-state index contributed by atoms with van der Waals surface area (Å²) < 4.78 is 0. The quantitative estimate of drug-likeness (QED) is 0.737. The number of nitrogens with two attached hydrogens (primary N) is 1. The van der Waals surface area contributed by atoms with Crippen LogP contribution in [0.15, 0.2) is 24.3 Å². The van der Waals surface area contributed by atoms with Gasteiger partial charge in [-0.1, -0.05) is 18.2 Å². The Morgan fingerprint density at radius 1 is 1.24 bits per heavy atom. The summed E-state index contributed by atoms with van der Waals surface area (Å²) in [6.45, 7) is 0. The first kappa shape index (κ1) is 10.6. The number of nitrogens with zero attached hydrogens (tertiary/aromatic N) is 1. The van der Waals surface area contributed by atoms with Crippen molar-refractivity contribution in [3.8, 4) is 0 Å². The predicted molar refractivity (Wildman–Crippen MR) is 71.4 cm³/mol. The summed E-state index contributed by atoms with van der Waals surface area (Å²) in [7, 11) is -0.860. The van der Waals surface area contributed by atoms with E-state index in [4.69, 9.17) is 5.40 Å². The largest absolute Gasteiger partial charge is 0.352 e. The molecule has 0 atom stereocenters. The molecular formula is C13H14N2OSi. The second-order valence-corrected chi connectivity index (χ2v) is 5.53. The number of Topliss-reactive ketones (excluding diaryl/α,β-unsaturated/α-hetero) is 1. The van der Waals surface area contributed by atoms with Gasteiger partial charge in [0.2, 0.25) is 0 Å². The highest BCUT2D eigenvalue weighted by atomic mass is 28.2. The van der Waals surface area contributed by atoms with Gasteiger partial charge in [0.15, 0.2) is 5.78 Å². The number of rotatable bonds is 1. The maximum Gasteiger partial charge on any atom is 0.164 e. The van der Waals surface area contributed by atoms with E-state index in [-0.39, 0.29) is 5.78 Å². The maximum atomic E-state index is 12.0. The van der Waals surface area contributed by atoms with Crippen LogP contribution in [0.3, 0.4) is 0 Å². The second kappa shape index (κ2) is 4.05. The number of benzene rings is 1. The number of ketones is 1. The molecule has 0 bridgehead atoms. The Morgan fingerprint density at radius 3 is 2.88 bits per heavy atom. The first-order valence-electron chi connectivity index (χ1n) is 5.95. The number of hydrogen-bond donors (Lipinski definition) is 1. The lowest BCUT2D eigenvalue weighted by Crippen LogP contribution is -2.33. The van der Waals surface area contributed by atoms with Crippen molar-refractivity contribution in [2.24, 2.45) is 5.40 Å². The van der Waals surface area contributed by atoms with Gasteiger partial charge in [-0.2, -0.15) is 0 Å². The topological polar surface area (TPSA) is 56.0 Å². The number of fused-ring (bicyclic) bond motifs is 2. The molecule has 0 amide bonds. The van der Waals surface area contributed by atoms with Crippen LogP contribution in [0.2, 0.25) is 0 Å². The van der Waals surface area contributed by atoms with Crippen molar-refractivity contribution >= 4 is 31.6 Å². The van der Waals surface area contributed by atoms with E-state index in [1.54, 1.807) is 0 Å². The molecule has 0 aliphatic heterocycles. The van der Waals surface area contributed by atoms with E-state index in [1.165, 1.54) is 0 Å². The minimum atomic E-state index is -0.860. The van der Waals surface area contributed by atoms with Gasteiger partial charge in [-0.15, -0.1) is 0 Å². The average Bonchev–Trinajstić information content (AvgIpc) is 2.36. The summed E-state index contributed by atoms with van der Waals surface area (Å²) in [4.78, 5) is 16.7. The fourth-order valence-corrected chi connectivity index (χ4v) is 3.72. The van der Waals surface area contributed by atoms with Crippen LogP contribution in [0, 0.1) is 0 Å². The zero-order valence-electron chi connectivity index (χ0n) is 9.57. The molecule has 1 aromatic heterocycles. The Labute approximate surface area is 102 Å². The molecule has 0 saturated heterocycles. The van der Waals surface area contributed by atoms with Crippen LogP contribution in [0.5, 0.6) is 0 Å². The van der Waals surface area contributed by atoms with Crippen molar-refractivity contribution in [2.75, 3.05) is 0 Å². The van der Waals surface area contributed by atoms with Crippen molar-refractivity contribution in [2.45, 2.75) is 19.3 Å². The van der Waals surface area contributed by atoms with E-state index in [1.807, 2.05) is 24.3 Å². The third kappa shape index (κ3) is 1.60. The Hall–Kier alpha value is -1.52. The van der Waals surface area contributed by atoms with Crippen LogP contribution in [-0.2, 0) is 6.42 Å². The first-order valence-corrected chi connectivity index (χ1v) is 7.47. The number of carbonyl (C=O) groups is 1. The van der Waals surface area contributed by atoms with Crippen molar-refractivity contribution in [3.63, 3.8) is 0 Å². The van der Waals surface area contributed by atoms with Gasteiger partial charge in [0.05, 0.1) is 11.2 Å². The summed E-state index contributed by atoms with van der Waals surface area (Å²) in [6.07, 6.45) is 2.48. The second-order valence-electron chi connectivity index (χ2n) is 4.41. The van der Waals surface area contributed by atoms with E-state index < -0.39 is 9.68 Å². The van der Waals surface area contributed by atoms with Crippen LogP contribution in [-0.4, -0.2) is 20.4 Å². The zero-order chi connectivity index (χ0) is 11.8. The van der Waals surface area contributed by atoms with Gasteiger partial charge in [0.1, 0.15) is 9.68 Å². The fraction of sp³-hybridized carbons (Fsp3) is 0.231.